The predicted octanol–water partition coefficient (Wildman–Crippen LogP) is 3.10. The van der Waals surface area contributed by atoms with Crippen LogP contribution in [0.25, 0.3) is 0 Å². The Kier molecular flexibility index (Phi) is 4.24. The molecular formula is C13H15F3O2. The van der Waals surface area contributed by atoms with Crippen molar-refractivity contribution in [1.29, 1.82) is 0 Å². The van der Waals surface area contributed by atoms with E-state index in [-0.39, 0.29) is 11.7 Å². The SMILES string of the molecule is OC(CCC1CCCO1)c1cc(F)c(F)c(F)c1. The first kappa shape index (κ1) is 13.4. The van der Waals surface area contributed by atoms with Gasteiger partial charge in [-0.25, -0.2) is 13.2 Å². The maximum Gasteiger partial charge on any atom is 0.194 e. The molecule has 0 amide bonds. The summed E-state index contributed by atoms with van der Waals surface area (Å²) in [6, 6.07) is 1.66. The lowest BCUT2D eigenvalue weighted by Gasteiger charge is -2.14. The fourth-order valence-electron chi connectivity index (χ4n) is 2.15. The third-order valence-electron chi connectivity index (χ3n) is 3.18. The lowest BCUT2D eigenvalue weighted by atomic mass is 10.0. The minimum atomic E-state index is -1.51. The van der Waals surface area contributed by atoms with Crippen molar-refractivity contribution in [2.24, 2.45) is 0 Å². The minimum Gasteiger partial charge on any atom is -0.388 e. The first-order chi connectivity index (χ1) is 8.58. The van der Waals surface area contributed by atoms with Crippen molar-refractivity contribution in [3.8, 4) is 0 Å². The van der Waals surface area contributed by atoms with Gasteiger partial charge < -0.3 is 9.84 Å². The minimum absolute atomic E-state index is 0.0596. The van der Waals surface area contributed by atoms with E-state index >= 15 is 0 Å². The summed E-state index contributed by atoms with van der Waals surface area (Å²) in [6.45, 7) is 0.723. The largest absolute Gasteiger partial charge is 0.388 e. The number of aliphatic hydroxyl groups is 1. The average molecular weight is 260 g/mol. The highest BCUT2D eigenvalue weighted by Crippen LogP contribution is 2.25. The van der Waals surface area contributed by atoms with Gasteiger partial charge in [0.1, 0.15) is 0 Å². The summed E-state index contributed by atoms with van der Waals surface area (Å²) in [7, 11) is 0. The molecule has 1 aliphatic heterocycles. The first-order valence-electron chi connectivity index (χ1n) is 6.02. The van der Waals surface area contributed by atoms with Gasteiger partial charge in [-0.2, -0.15) is 0 Å². The lowest BCUT2D eigenvalue weighted by molar-refractivity contribution is 0.0810. The number of benzene rings is 1. The Hall–Kier alpha value is -1.07. The molecule has 18 heavy (non-hydrogen) atoms. The standard InChI is InChI=1S/C13H15F3O2/c14-10-6-8(7-11(15)13(10)16)12(17)4-3-9-2-1-5-18-9/h6-7,9,12,17H,1-5H2. The molecule has 0 aliphatic carbocycles. The van der Waals surface area contributed by atoms with Gasteiger partial charge in [-0.1, -0.05) is 0 Å². The molecule has 1 aromatic carbocycles. The highest BCUT2D eigenvalue weighted by atomic mass is 19.2. The second-order valence-corrected chi connectivity index (χ2v) is 4.53. The highest BCUT2D eigenvalue weighted by Gasteiger charge is 2.19. The van der Waals surface area contributed by atoms with Crippen LogP contribution >= 0.6 is 0 Å². The quantitative estimate of drug-likeness (QED) is 0.843. The molecule has 1 fully saturated rings. The van der Waals surface area contributed by atoms with Crippen LogP contribution in [0.2, 0.25) is 0 Å². The summed E-state index contributed by atoms with van der Waals surface area (Å²) in [6.07, 6.45) is 2.02. The van der Waals surface area contributed by atoms with Crippen LogP contribution in [0.15, 0.2) is 12.1 Å². The number of aliphatic hydroxyl groups excluding tert-OH is 1. The van der Waals surface area contributed by atoms with E-state index in [2.05, 4.69) is 0 Å². The Morgan fingerprint density at radius 1 is 1.28 bits per heavy atom. The van der Waals surface area contributed by atoms with Gasteiger partial charge in [0.05, 0.1) is 12.2 Å². The second-order valence-electron chi connectivity index (χ2n) is 4.53. The number of ether oxygens (including phenoxy) is 1. The molecule has 2 rings (SSSR count). The van der Waals surface area contributed by atoms with E-state index in [0.29, 0.717) is 12.8 Å². The third kappa shape index (κ3) is 3.03. The van der Waals surface area contributed by atoms with E-state index in [4.69, 9.17) is 4.74 Å². The summed E-state index contributed by atoms with van der Waals surface area (Å²) in [5.41, 5.74) is 0.0596. The zero-order valence-electron chi connectivity index (χ0n) is 9.83. The Labute approximate surface area is 103 Å². The molecule has 1 N–H and O–H groups in total. The molecule has 0 aromatic heterocycles. The Balaban J connectivity index is 1.97. The molecule has 1 aromatic rings. The van der Waals surface area contributed by atoms with Gasteiger partial charge in [0.2, 0.25) is 0 Å². The molecule has 0 saturated carbocycles. The van der Waals surface area contributed by atoms with Gasteiger partial charge in [-0.15, -0.1) is 0 Å². The Bertz CT molecular complexity index is 394. The molecule has 100 valence electrons. The van der Waals surface area contributed by atoms with Gasteiger partial charge in [0.25, 0.3) is 0 Å². The van der Waals surface area contributed by atoms with Gasteiger partial charge in [0.15, 0.2) is 17.5 Å². The van der Waals surface area contributed by atoms with Crippen LogP contribution in [0.4, 0.5) is 13.2 Å². The van der Waals surface area contributed by atoms with E-state index in [1.807, 2.05) is 0 Å². The van der Waals surface area contributed by atoms with Crippen molar-refractivity contribution in [1.82, 2.24) is 0 Å². The predicted molar refractivity (Wildman–Crippen MR) is 59.5 cm³/mol. The van der Waals surface area contributed by atoms with Gasteiger partial charge in [-0.05, 0) is 43.4 Å². The molecule has 5 heteroatoms. The molecular weight excluding hydrogens is 245 g/mol. The summed E-state index contributed by atoms with van der Waals surface area (Å²) < 4.78 is 44.1. The molecule has 1 saturated heterocycles. The van der Waals surface area contributed by atoms with E-state index in [9.17, 15) is 18.3 Å². The molecule has 2 atom stereocenters. The zero-order chi connectivity index (χ0) is 13.1. The van der Waals surface area contributed by atoms with Crippen LogP contribution in [0.5, 0.6) is 0 Å². The van der Waals surface area contributed by atoms with Crippen molar-refractivity contribution >= 4 is 0 Å². The van der Waals surface area contributed by atoms with Crippen molar-refractivity contribution in [2.45, 2.75) is 37.9 Å². The topological polar surface area (TPSA) is 29.5 Å². The number of halogens is 3. The van der Waals surface area contributed by atoms with Crippen LogP contribution in [0, 0.1) is 17.5 Å². The summed E-state index contributed by atoms with van der Waals surface area (Å²) in [4.78, 5) is 0. The zero-order valence-corrected chi connectivity index (χ0v) is 9.83. The Morgan fingerprint density at radius 3 is 2.50 bits per heavy atom. The van der Waals surface area contributed by atoms with Gasteiger partial charge in [0, 0.05) is 6.61 Å². The van der Waals surface area contributed by atoms with E-state index in [1.54, 1.807) is 0 Å². The summed E-state index contributed by atoms with van der Waals surface area (Å²) >= 11 is 0. The normalized spacial score (nSPS) is 21.2. The summed E-state index contributed by atoms with van der Waals surface area (Å²) in [5, 5.41) is 9.81. The molecule has 1 aliphatic rings. The molecule has 0 bridgehead atoms. The smallest absolute Gasteiger partial charge is 0.194 e. The van der Waals surface area contributed by atoms with Crippen molar-refractivity contribution < 1.29 is 23.0 Å². The molecule has 1 heterocycles. The fraction of sp³-hybridized carbons (Fsp3) is 0.538. The Morgan fingerprint density at radius 2 is 1.94 bits per heavy atom. The molecule has 2 nitrogen and oxygen atoms in total. The number of rotatable bonds is 4. The molecule has 0 spiro atoms. The van der Waals surface area contributed by atoms with Crippen molar-refractivity contribution in [2.75, 3.05) is 6.61 Å². The van der Waals surface area contributed by atoms with Gasteiger partial charge in [-0.3, -0.25) is 0 Å². The maximum atomic E-state index is 13.0. The van der Waals surface area contributed by atoms with Crippen molar-refractivity contribution in [3.05, 3.63) is 35.1 Å². The summed E-state index contributed by atoms with van der Waals surface area (Å²) in [5.74, 6) is -4.06. The van der Waals surface area contributed by atoms with Crippen LogP contribution in [0.1, 0.15) is 37.4 Å². The third-order valence-corrected chi connectivity index (χ3v) is 3.18. The maximum absolute atomic E-state index is 13.0. The first-order valence-corrected chi connectivity index (χ1v) is 6.02. The van der Waals surface area contributed by atoms with Crippen LogP contribution in [-0.4, -0.2) is 17.8 Å². The number of hydrogen-bond donors (Lipinski definition) is 1. The number of hydrogen-bond acceptors (Lipinski definition) is 2. The average Bonchev–Trinajstić information content (AvgIpc) is 2.85. The highest BCUT2D eigenvalue weighted by molar-refractivity contribution is 5.21. The monoisotopic (exact) mass is 260 g/mol. The fourth-order valence-corrected chi connectivity index (χ4v) is 2.15. The van der Waals surface area contributed by atoms with Crippen LogP contribution < -0.4 is 0 Å². The molecule has 2 unspecified atom stereocenters. The second kappa shape index (κ2) is 5.71. The van der Waals surface area contributed by atoms with E-state index in [1.165, 1.54) is 0 Å². The van der Waals surface area contributed by atoms with E-state index < -0.39 is 23.6 Å². The molecule has 0 radical (unpaired) electrons. The van der Waals surface area contributed by atoms with Gasteiger partial charge >= 0.3 is 0 Å². The van der Waals surface area contributed by atoms with Crippen LogP contribution in [-0.2, 0) is 4.74 Å². The van der Waals surface area contributed by atoms with Crippen molar-refractivity contribution in [3.63, 3.8) is 0 Å². The van der Waals surface area contributed by atoms with Crippen LogP contribution in [0.3, 0.4) is 0 Å². The lowest BCUT2D eigenvalue weighted by Crippen LogP contribution is -2.08. The van der Waals surface area contributed by atoms with E-state index in [0.717, 1.165) is 31.6 Å².